The molecule has 18 heavy (non-hydrogen) atoms. The van der Waals surface area contributed by atoms with Crippen molar-refractivity contribution in [3.05, 3.63) is 72.3 Å². The van der Waals surface area contributed by atoms with E-state index in [2.05, 4.69) is 22.7 Å². The van der Waals surface area contributed by atoms with E-state index in [1.807, 2.05) is 67.6 Å². The van der Waals surface area contributed by atoms with E-state index in [1.54, 1.807) is 0 Å². The Kier molecular flexibility index (Phi) is 4.31. The Labute approximate surface area is 108 Å². The monoisotopic (exact) mass is 236 g/mol. The number of hydrogen-bond acceptors (Lipinski definition) is 2. The second-order valence-electron chi connectivity index (χ2n) is 3.98. The van der Waals surface area contributed by atoms with Gasteiger partial charge in [0, 0.05) is 0 Å². The normalized spacial score (nSPS) is 11.7. The van der Waals surface area contributed by atoms with Crippen LogP contribution in [0.2, 0.25) is 0 Å². The Morgan fingerprint density at radius 1 is 0.944 bits per heavy atom. The van der Waals surface area contributed by atoms with Crippen LogP contribution in [0.15, 0.2) is 71.8 Å². The Bertz CT molecular complexity index is 528. The molecule has 0 heterocycles. The summed E-state index contributed by atoms with van der Waals surface area (Å²) in [5, 5.41) is 4.29. The smallest absolute Gasteiger partial charge is 0.0576 e. The van der Waals surface area contributed by atoms with Gasteiger partial charge in [0.25, 0.3) is 0 Å². The maximum atomic E-state index is 4.29. The Balaban J connectivity index is 1.96. The second kappa shape index (κ2) is 6.40. The SMILES string of the molecule is CC(C=Cc1ccccc1)=NNc1ccccc1. The van der Waals surface area contributed by atoms with Crippen LogP contribution in [0, 0.1) is 0 Å². The molecule has 0 saturated heterocycles. The number of rotatable bonds is 4. The van der Waals surface area contributed by atoms with Crippen LogP contribution in [-0.4, -0.2) is 5.71 Å². The molecule has 0 saturated carbocycles. The molecule has 90 valence electrons. The molecule has 0 aromatic heterocycles. The van der Waals surface area contributed by atoms with Crippen molar-refractivity contribution in [2.45, 2.75) is 6.92 Å². The molecule has 0 amide bonds. The molecule has 2 heteroatoms. The molecule has 0 fully saturated rings. The van der Waals surface area contributed by atoms with Crippen molar-refractivity contribution in [3.63, 3.8) is 0 Å². The minimum atomic E-state index is 0.933. The maximum Gasteiger partial charge on any atom is 0.0576 e. The molecule has 2 rings (SSSR count). The van der Waals surface area contributed by atoms with Crippen LogP contribution in [-0.2, 0) is 0 Å². The van der Waals surface area contributed by atoms with Crippen LogP contribution in [0.25, 0.3) is 6.08 Å². The molecule has 0 aliphatic heterocycles. The van der Waals surface area contributed by atoms with Gasteiger partial charge in [-0.05, 0) is 30.7 Å². The number of para-hydroxylation sites is 1. The van der Waals surface area contributed by atoms with E-state index in [4.69, 9.17) is 0 Å². The minimum absolute atomic E-state index is 0.933. The number of allylic oxidation sites excluding steroid dienone is 1. The summed E-state index contributed by atoms with van der Waals surface area (Å²) in [7, 11) is 0. The Morgan fingerprint density at radius 3 is 2.22 bits per heavy atom. The van der Waals surface area contributed by atoms with E-state index in [0.29, 0.717) is 0 Å². The van der Waals surface area contributed by atoms with Gasteiger partial charge in [0.05, 0.1) is 11.4 Å². The first kappa shape index (κ1) is 12.1. The second-order valence-corrected chi connectivity index (χ2v) is 3.98. The maximum absolute atomic E-state index is 4.29. The van der Waals surface area contributed by atoms with Crippen molar-refractivity contribution >= 4 is 17.5 Å². The van der Waals surface area contributed by atoms with Crippen molar-refractivity contribution < 1.29 is 0 Å². The molecule has 0 bridgehead atoms. The molecule has 2 aromatic carbocycles. The highest BCUT2D eigenvalue weighted by Gasteiger charge is 1.88. The third kappa shape index (κ3) is 3.91. The molecule has 0 spiro atoms. The zero-order valence-corrected chi connectivity index (χ0v) is 10.4. The standard InChI is InChI=1S/C16H16N2/c1-14(12-13-15-8-4-2-5-9-15)17-18-16-10-6-3-7-11-16/h2-13,18H,1H3. The molecule has 0 unspecified atom stereocenters. The highest BCUT2D eigenvalue weighted by atomic mass is 15.3. The summed E-state index contributed by atoms with van der Waals surface area (Å²) in [4.78, 5) is 0. The van der Waals surface area contributed by atoms with Gasteiger partial charge in [-0.2, -0.15) is 5.10 Å². The van der Waals surface area contributed by atoms with Crippen LogP contribution >= 0.6 is 0 Å². The van der Waals surface area contributed by atoms with Gasteiger partial charge in [-0.1, -0.05) is 54.6 Å². The van der Waals surface area contributed by atoms with Crippen LogP contribution in [0.1, 0.15) is 12.5 Å². The first-order valence-corrected chi connectivity index (χ1v) is 5.93. The van der Waals surface area contributed by atoms with Crippen LogP contribution in [0.3, 0.4) is 0 Å². The third-order valence-electron chi connectivity index (χ3n) is 2.45. The largest absolute Gasteiger partial charge is 0.278 e. The predicted octanol–water partition coefficient (Wildman–Crippen LogP) is 4.19. The number of benzene rings is 2. The van der Waals surface area contributed by atoms with Crippen molar-refractivity contribution in [2.75, 3.05) is 5.43 Å². The van der Waals surface area contributed by atoms with Gasteiger partial charge >= 0.3 is 0 Å². The molecule has 1 N–H and O–H groups in total. The van der Waals surface area contributed by atoms with Gasteiger partial charge in [0.2, 0.25) is 0 Å². The van der Waals surface area contributed by atoms with E-state index in [1.165, 1.54) is 5.56 Å². The van der Waals surface area contributed by atoms with E-state index in [0.717, 1.165) is 11.4 Å². The topological polar surface area (TPSA) is 24.4 Å². The van der Waals surface area contributed by atoms with E-state index < -0.39 is 0 Å². The summed E-state index contributed by atoms with van der Waals surface area (Å²) in [6.45, 7) is 1.97. The van der Waals surface area contributed by atoms with Crippen molar-refractivity contribution in [2.24, 2.45) is 5.10 Å². The Morgan fingerprint density at radius 2 is 1.56 bits per heavy atom. The van der Waals surface area contributed by atoms with Crippen molar-refractivity contribution in [3.8, 4) is 0 Å². The van der Waals surface area contributed by atoms with Gasteiger partial charge < -0.3 is 0 Å². The fourth-order valence-electron chi connectivity index (χ4n) is 1.48. The summed E-state index contributed by atoms with van der Waals surface area (Å²) < 4.78 is 0. The minimum Gasteiger partial charge on any atom is -0.278 e. The van der Waals surface area contributed by atoms with Crippen LogP contribution in [0.5, 0.6) is 0 Å². The van der Waals surface area contributed by atoms with Gasteiger partial charge in [-0.25, -0.2) is 0 Å². The van der Waals surface area contributed by atoms with E-state index in [-0.39, 0.29) is 0 Å². The van der Waals surface area contributed by atoms with Gasteiger partial charge in [-0.15, -0.1) is 0 Å². The first-order valence-electron chi connectivity index (χ1n) is 5.93. The number of anilines is 1. The molecular weight excluding hydrogens is 220 g/mol. The quantitative estimate of drug-likeness (QED) is 0.624. The number of nitrogens with zero attached hydrogens (tertiary/aromatic N) is 1. The van der Waals surface area contributed by atoms with Gasteiger partial charge in [-0.3, -0.25) is 5.43 Å². The predicted molar refractivity (Wildman–Crippen MR) is 78.6 cm³/mol. The van der Waals surface area contributed by atoms with Crippen LogP contribution in [0.4, 0.5) is 5.69 Å². The lowest BCUT2D eigenvalue weighted by Gasteiger charge is -1.99. The average Bonchev–Trinajstić information content (AvgIpc) is 2.45. The lowest BCUT2D eigenvalue weighted by atomic mass is 10.2. The van der Waals surface area contributed by atoms with Crippen molar-refractivity contribution in [1.29, 1.82) is 0 Å². The molecule has 0 radical (unpaired) electrons. The fraction of sp³-hybridized carbons (Fsp3) is 0.0625. The first-order chi connectivity index (χ1) is 8.84. The fourth-order valence-corrected chi connectivity index (χ4v) is 1.48. The number of hydrogen-bond donors (Lipinski definition) is 1. The molecule has 0 aliphatic carbocycles. The summed E-state index contributed by atoms with van der Waals surface area (Å²) in [6, 6.07) is 20.1. The summed E-state index contributed by atoms with van der Waals surface area (Å²) in [5.74, 6) is 0. The van der Waals surface area contributed by atoms with Crippen LogP contribution < -0.4 is 5.43 Å². The molecule has 0 atom stereocenters. The van der Waals surface area contributed by atoms with Gasteiger partial charge in [0.1, 0.15) is 0 Å². The summed E-state index contributed by atoms with van der Waals surface area (Å²) in [5.41, 5.74) is 6.11. The van der Waals surface area contributed by atoms with Gasteiger partial charge in [0.15, 0.2) is 0 Å². The van der Waals surface area contributed by atoms with E-state index >= 15 is 0 Å². The Hall–Kier alpha value is -2.35. The van der Waals surface area contributed by atoms with Crippen molar-refractivity contribution in [1.82, 2.24) is 0 Å². The highest BCUT2D eigenvalue weighted by Crippen LogP contribution is 2.05. The lowest BCUT2D eigenvalue weighted by Crippen LogP contribution is -1.93. The third-order valence-corrected chi connectivity index (χ3v) is 2.45. The number of hydrazone groups is 1. The zero-order valence-electron chi connectivity index (χ0n) is 10.4. The van der Waals surface area contributed by atoms with E-state index in [9.17, 15) is 0 Å². The molecule has 2 aromatic rings. The zero-order chi connectivity index (χ0) is 12.6. The molecule has 2 nitrogen and oxygen atoms in total. The molecular formula is C16H16N2. The number of nitrogens with one attached hydrogen (secondary N) is 1. The lowest BCUT2D eigenvalue weighted by molar-refractivity contribution is 1.33. The average molecular weight is 236 g/mol. The molecule has 0 aliphatic rings. The highest BCUT2D eigenvalue weighted by molar-refractivity contribution is 5.96. The summed E-state index contributed by atoms with van der Waals surface area (Å²) in [6.07, 6.45) is 4.04. The summed E-state index contributed by atoms with van der Waals surface area (Å²) >= 11 is 0.